The molecular weight excluding hydrogens is 424 g/mol. The summed E-state index contributed by atoms with van der Waals surface area (Å²) in [6.45, 7) is 2.07. The molecule has 0 unspecified atom stereocenters. The maximum atomic E-state index is 14.5. The molecule has 0 amide bonds. The summed E-state index contributed by atoms with van der Waals surface area (Å²) in [5, 5.41) is 5.74. The Hall–Kier alpha value is -1.15. The normalized spacial score (nSPS) is 15.6. The van der Waals surface area contributed by atoms with Crippen molar-refractivity contribution in [1.29, 1.82) is 0 Å². The average molecular weight is 441 g/mol. The van der Waals surface area contributed by atoms with Crippen LogP contribution in [0.4, 0.5) is 10.2 Å². The first-order valence-electron chi connectivity index (χ1n) is 7.82. The van der Waals surface area contributed by atoms with Crippen LogP contribution in [0, 0.1) is 16.3 Å². The zero-order valence-corrected chi connectivity index (χ0v) is 15.7. The van der Waals surface area contributed by atoms with Crippen LogP contribution in [0.15, 0.2) is 23.6 Å². The van der Waals surface area contributed by atoms with E-state index in [1.54, 1.807) is 17.4 Å². The summed E-state index contributed by atoms with van der Waals surface area (Å²) in [5.74, 6) is 0.725. The Bertz CT molecular complexity index is 844. The Morgan fingerprint density at radius 2 is 2.13 bits per heavy atom. The lowest BCUT2D eigenvalue weighted by molar-refractivity contribution is 0.630. The van der Waals surface area contributed by atoms with Crippen molar-refractivity contribution < 1.29 is 4.39 Å². The molecule has 3 nitrogen and oxygen atoms in total. The van der Waals surface area contributed by atoms with E-state index in [1.807, 2.05) is 6.07 Å². The Kier molecular flexibility index (Phi) is 4.05. The zero-order valence-electron chi connectivity index (χ0n) is 12.8. The van der Waals surface area contributed by atoms with Crippen molar-refractivity contribution in [1.82, 2.24) is 9.38 Å². The highest BCUT2D eigenvalue weighted by Crippen LogP contribution is 2.37. The lowest BCUT2D eigenvalue weighted by Gasteiger charge is -2.15. The average Bonchev–Trinajstić information content (AvgIpc) is 3.21. The number of fused-ring (bicyclic) bond motifs is 1. The van der Waals surface area contributed by atoms with Gasteiger partial charge < -0.3 is 5.32 Å². The van der Waals surface area contributed by atoms with Gasteiger partial charge in [-0.25, -0.2) is 9.37 Å². The van der Waals surface area contributed by atoms with Gasteiger partial charge in [0, 0.05) is 20.7 Å². The van der Waals surface area contributed by atoms with Gasteiger partial charge in [-0.3, -0.25) is 4.40 Å². The van der Waals surface area contributed by atoms with Gasteiger partial charge in [-0.15, -0.1) is 11.3 Å². The largest absolute Gasteiger partial charge is 0.367 e. The molecule has 3 aromatic rings. The van der Waals surface area contributed by atoms with Gasteiger partial charge in [0.15, 0.2) is 4.96 Å². The number of nitrogens with zero attached hydrogens (tertiary/aromatic N) is 2. The quantitative estimate of drug-likeness (QED) is 0.547. The number of rotatable bonds is 3. The van der Waals surface area contributed by atoms with E-state index >= 15 is 0 Å². The summed E-state index contributed by atoms with van der Waals surface area (Å²) in [6, 6.07) is 5.64. The van der Waals surface area contributed by atoms with Crippen molar-refractivity contribution in [3.63, 3.8) is 0 Å². The van der Waals surface area contributed by atoms with Crippen molar-refractivity contribution in [2.24, 2.45) is 0 Å². The van der Waals surface area contributed by atoms with Crippen LogP contribution in [0.1, 0.15) is 31.4 Å². The SMILES string of the molecule is Cc1csc2nc(-c3c(F)cccc3I)c(NC3CCCC3)n12. The minimum Gasteiger partial charge on any atom is -0.367 e. The van der Waals surface area contributed by atoms with Gasteiger partial charge >= 0.3 is 0 Å². The maximum absolute atomic E-state index is 14.5. The van der Waals surface area contributed by atoms with E-state index in [1.165, 1.54) is 31.7 Å². The maximum Gasteiger partial charge on any atom is 0.196 e. The van der Waals surface area contributed by atoms with Crippen molar-refractivity contribution in [2.45, 2.75) is 38.6 Å². The first-order chi connectivity index (χ1) is 11.1. The molecular formula is C17H17FIN3S. The zero-order chi connectivity index (χ0) is 16.0. The fourth-order valence-electron chi connectivity index (χ4n) is 3.29. The van der Waals surface area contributed by atoms with Crippen LogP contribution < -0.4 is 5.32 Å². The van der Waals surface area contributed by atoms with E-state index in [9.17, 15) is 4.39 Å². The molecule has 4 rings (SSSR count). The minimum absolute atomic E-state index is 0.213. The Balaban J connectivity index is 1.91. The molecule has 6 heteroatoms. The number of halogens is 2. The molecule has 1 saturated carbocycles. The lowest BCUT2D eigenvalue weighted by atomic mass is 10.1. The summed E-state index contributed by atoms with van der Waals surface area (Å²) in [4.78, 5) is 5.66. The first kappa shape index (κ1) is 15.4. The molecule has 23 heavy (non-hydrogen) atoms. The summed E-state index contributed by atoms with van der Waals surface area (Å²) < 4.78 is 17.5. The second kappa shape index (κ2) is 6.05. The van der Waals surface area contributed by atoms with Crippen LogP contribution in [0.2, 0.25) is 0 Å². The molecule has 2 heterocycles. The second-order valence-corrected chi connectivity index (χ2v) is 8.03. The Morgan fingerprint density at radius 3 is 2.87 bits per heavy atom. The van der Waals surface area contributed by atoms with Crippen molar-refractivity contribution >= 4 is 44.7 Å². The number of thiazole rings is 1. The number of anilines is 1. The van der Waals surface area contributed by atoms with Gasteiger partial charge in [0.05, 0.1) is 5.56 Å². The molecule has 0 saturated heterocycles. The molecule has 0 radical (unpaired) electrons. The smallest absolute Gasteiger partial charge is 0.196 e. The van der Waals surface area contributed by atoms with E-state index < -0.39 is 0 Å². The predicted octanol–water partition coefficient (Wildman–Crippen LogP) is 5.47. The van der Waals surface area contributed by atoms with E-state index in [2.05, 4.69) is 44.6 Å². The molecule has 1 aromatic carbocycles. The number of benzene rings is 1. The molecule has 120 valence electrons. The van der Waals surface area contributed by atoms with Crippen LogP contribution in [0.5, 0.6) is 0 Å². The van der Waals surface area contributed by atoms with E-state index in [0.717, 1.165) is 25.7 Å². The topological polar surface area (TPSA) is 29.3 Å². The third kappa shape index (κ3) is 2.65. The molecule has 0 spiro atoms. The molecule has 0 atom stereocenters. The summed E-state index contributed by atoms with van der Waals surface area (Å²) in [7, 11) is 0. The van der Waals surface area contributed by atoms with Crippen LogP contribution in [-0.4, -0.2) is 15.4 Å². The molecule has 1 N–H and O–H groups in total. The molecule has 0 aliphatic heterocycles. The first-order valence-corrected chi connectivity index (χ1v) is 9.78. The van der Waals surface area contributed by atoms with Gasteiger partial charge in [0.25, 0.3) is 0 Å². The second-order valence-electron chi connectivity index (χ2n) is 6.03. The van der Waals surface area contributed by atoms with Gasteiger partial charge in [-0.2, -0.15) is 0 Å². The van der Waals surface area contributed by atoms with Crippen LogP contribution in [0.25, 0.3) is 16.2 Å². The van der Waals surface area contributed by atoms with E-state index in [-0.39, 0.29) is 5.82 Å². The Morgan fingerprint density at radius 1 is 1.35 bits per heavy atom. The molecule has 1 fully saturated rings. The molecule has 1 aliphatic rings. The third-order valence-corrected chi connectivity index (χ3v) is 6.27. The standard InChI is InChI=1S/C17H17FIN3S/c1-10-9-23-17-21-15(14-12(18)7-4-8-13(14)19)16(22(10)17)20-11-5-2-3-6-11/h4,7-9,11,20H,2-3,5-6H2,1H3. The van der Waals surface area contributed by atoms with Gasteiger partial charge in [-0.1, -0.05) is 18.9 Å². The summed E-state index contributed by atoms with van der Waals surface area (Å²) in [5.41, 5.74) is 2.47. The predicted molar refractivity (Wildman–Crippen MR) is 102 cm³/mol. The highest BCUT2D eigenvalue weighted by Gasteiger charge is 2.24. The highest BCUT2D eigenvalue weighted by atomic mass is 127. The number of imidazole rings is 1. The van der Waals surface area contributed by atoms with Gasteiger partial charge in [0.2, 0.25) is 0 Å². The number of aromatic nitrogens is 2. The van der Waals surface area contributed by atoms with Gasteiger partial charge in [-0.05, 0) is 54.5 Å². The molecule has 1 aliphatic carbocycles. The van der Waals surface area contributed by atoms with Crippen LogP contribution >= 0.6 is 33.9 Å². The molecule has 2 aromatic heterocycles. The Labute approximate surface area is 152 Å². The number of aryl methyl sites for hydroxylation is 1. The minimum atomic E-state index is -0.213. The summed E-state index contributed by atoms with van der Waals surface area (Å²) >= 11 is 3.79. The van der Waals surface area contributed by atoms with Gasteiger partial charge in [0.1, 0.15) is 17.3 Å². The lowest BCUT2D eigenvalue weighted by Crippen LogP contribution is -2.16. The fourth-order valence-corrected chi connectivity index (χ4v) is 4.88. The molecule has 0 bridgehead atoms. The summed E-state index contributed by atoms with van der Waals surface area (Å²) in [6.07, 6.45) is 4.86. The monoisotopic (exact) mass is 441 g/mol. The van der Waals surface area contributed by atoms with Crippen LogP contribution in [-0.2, 0) is 0 Å². The van der Waals surface area contributed by atoms with E-state index in [4.69, 9.17) is 4.98 Å². The van der Waals surface area contributed by atoms with Crippen molar-refractivity contribution in [3.05, 3.63) is 38.7 Å². The number of nitrogens with one attached hydrogen (secondary N) is 1. The van der Waals surface area contributed by atoms with Crippen molar-refractivity contribution in [3.8, 4) is 11.3 Å². The highest BCUT2D eigenvalue weighted by molar-refractivity contribution is 14.1. The van der Waals surface area contributed by atoms with Crippen LogP contribution in [0.3, 0.4) is 0 Å². The number of hydrogen-bond acceptors (Lipinski definition) is 3. The number of hydrogen-bond donors (Lipinski definition) is 1. The van der Waals surface area contributed by atoms with E-state index in [0.29, 0.717) is 11.6 Å². The van der Waals surface area contributed by atoms with Crippen molar-refractivity contribution in [2.75, 3.05) is 5.32 Å². The third-order valence-electron chi connectivity index (χ3n) is 4.43. The fraction of sp³-hybridized carbons (Fsp3) is 0.353.